The van der Waals surface area contributed by atoms with Crippen LogP contribution in [0.5, 0.6) is 0 Å². The van der Waals surface area contributed by atoms with Crippen LogP contribution in [0.3, 0.4) is 0 Å². The van der Waals surface area contributed by atoms with Gasteiger partial charge in [0.05, 0.1) is 0 Å². The van der Waals surface area contributed by atoms with Crippen molar-refractivity contribution in [2.45, 2.75) is 37.6 Å². The third-order valence-electron chi connectivity index (χ3n) is 3.06. The van der Waals surface area contributed by atoms with Crippen LogP contribution < -0.4 is 5.73 Å². The summed E-state index contributed by atoms with van der Waals surface area (Å²) in [6.07, 6.45) is 2.85. The Morgan fingerprint density at radius 2 is 1.45 bits per heavy atom. The van der Waals surface area contributed by atoms with Gasteiger partial charge in [0.25, 0.3) is 5.92 Å². The number of hydrogen-bond acceptors (Lipinski definition) is 1. The normalized spacial score (nSPS) is 47.7. The SMILES string of the molecule is NC1CCC2C(CC1)C2(F)F. The average Bonchev–Trinajstić information content (AvgIpc) is 2.51. The van der Waals surface area contributed by atoms with Gasteiger partial charge in [-0.05, 0) is 25.7 Å². The van der Waals surface area contributed by atoms with E-state index in [4.69, 9.17) is 5.73 Å². The van der Waals surface area contributed by atoms with Crippen LogP contribution in [0.15, 0.2) is 0 Å². The van der Waals surface area contributed by atoms with E-state index in [-0.39, 0.29) is 17.9 Å². The fourth-order valence-electron chi connectivity index (χ4n) is 2.18. The van der Waals surface area contributed by atoms with Crippen LogP contribution in [0, 0.1) is 11.8 Å². The minimum atomic E-state index is -2.33. The van der Waals surface area contributed by atoms with Crippen molar-refractivity contribution in [3.05, 3.63) is 0 Å². The van der Waals surface area contributed by atoms with Crippen molar-refractivity contribution in [1.82, 2.24) is 0 Å². The smallest absolute Gasteiger partial charge is 0.254 e. The Morgan fingerprint density at radius 3 is 1.91 bits per heavy atom. The van der Waals surface area contributed by atoms with Crippen molar-refractivity contribution in [3.8, 4) is 0 Å². The van der Waals surface area contributed by atoms with Gasteiger partial charge in [-0.3, -0.25) is 0 Å². The number of hydrogen-bond donors (Lipinski definition) is 1. The zero-order valence-electron chi connectivity index (χ0n) is 6.39. The molecule has 0 aromatic heterocycles. The van der Waals surface area contributed by atoms with E-state index in [1.165, 1.54) is 0 Å². The largest absolute Gasteiger partial charge is 0.328 e. The predicted molar refractivity (Wildman–Crippen MR) is 38.4 cm³/mol. The lowest BCUT2D eigenvalue weighted by Crippen LogP contribution is -2.19. The topological polar surface area (TPSA) is 26.0 Å². The van der Waals surface area contributed by atoms with Crippen LogP contribution >= 0.6 is 0 Å². The zero-order valence-corrected chi connectivity index (χ0v) is 6.39. The van der Waals surface area contributed by atoms with E-state index in [1.54, 1.807) is 0 Å². The van der Waals surface area contributed by atoms with Crippen molar-refractivity contribution < 1.29 is 8.78 Å². The van der Waals surface area contributed by atoms with Crippen LogP contribution in [0.2, 0.25) is 0 Å². The highest BCUT2D eigenvalue weighted by atomic mass is 19.3. The Balaban J connectivity index is 1.98. The van der Waals surface area contributed by atoms with Gasteiger partial charge in [-0.2, -0.15) is 0 Å². The second-order valence-corrected chi connectivity index (χ2v) is 3.80. The molecule has 0 aliphatic heterocycles. The molecule has 2 unspecified atom stereocenters. The number of fused-ring (bicyclic) bond motifs is 1. The maximum Gasteiger partial charge on any atom is 0.254 e. The highest BCUT2D eigenvalue weighted by Gasteiger charge is 2.67. The van der Waals surface area contributed by atoms with Gasteiger partial charge in [0.15, 0.2) is 0 Å². The van der Waals surface area contributed by atoms with E-state index in [9.17, 15) is 8.78 Å². The molecule has 0 aromatic carbocycles. The van der Waals surface area contributed by atoms with Crippen molar-refractivity contribution in [2.24, 2.45) is 17.6 Å². The second-order valence-electron chi connectivity index (χ2n) is 3.80. The first-order chi connectivity index (χ1) is 5.12. The highest BCUT2D eigenvalue weighted by molar-refractivity contribution is 5.06. The number of alkyl halides is 2. The third kappa shape index (κ3) is 1.06. The van der Waals surface area contributed by atoms with Gasteiger partial charge in [-0.15, -0.1) is 0 Å². The fraction of sp³-hybridized carbons (Fsp3) is 1.00. The Hall–Kier alpha value is -0.180. The zero-order chi connectivity index (χ0) is 8.06. The minimum Gasteiger partial charge on any atom is -0.328 e. The van der Waals surface area contributed by atoms with Crippen LogP contribution in [0.4, 0.5) is 8.78 Å². The number of nitrogens with two attached hydrogens (primary N) is 1. The summed E-state index contributed by atoms with van der Waals surface area (Å²) in [5.74, 6) is -2.98. The molecule has 0 amide bonds. The molecule has 0 heterocycles. The number of halogens is 2. The second kappa shape index (κ2) is 2.16. The molecule has 0 aromatic rings. The molecule has 3 heteroatoms. The Kier molecular flexibility index (Phi) is 1.46. The van der Waals surface area contributed by atoms with Crippen molar-refractivity contribution >= 4 is 0 Å². The molecule has 0 radical (unpaired) electrons. The van der Waals surface area contributed by atoms with Crippen molar-refractivity contribution in [3.63, 3.8) is 0 Å². The third-order valence-corrected chi connectivity index (χ3v) is 3.06. The number of rotatable bonds is 0. The quantitative estimate of drug-likeness (QED) is 0.575. The first-order valence-electron chi connectivity index (χ1n) is 4.25. The molecule has 2 aliphatic rings. The average molecular weight is 161 g/mol. The maximum absolute atomic E-state index is 12.8. The molecular weight excluding hydrogens is 148 g/mol. The van der Waals surface area contributed by atoms with Crippen LogP contribution in [0.25, 0.3) is 0 Å². The summed E-state index contributed by atoms with van der Waals surface area (Å²) in [7, 11) is 0. The summed E-state index contributed by atoms with van der Waals surface area (Å²) in [6, 6.07) is 0.179. The van der Waals surface area contributed by atoms with Gasteiger partial charge < -0.3 is 5.73 Å². The molecule has 0 bridgehead atoms. The van der Waals surface area contributed by atoms with E-state index < -0.39 is 5.92 Å². The van der Waals surface area contributed by atoms with Gasteiger partial charge in [0.2, 0.25) is 0 Å². The highest BCUT2D eigenvalue weighted by Crippen LogP contribution is 2.60. The van der Waals surface area contributed by atoms with Gasteiger partial charge in [-0.1, -0.05) is 0 Å². The lowest BCUT2D eigenvalue weighted by atomic mass is 10.1. The molecular formula is C8H13F2N. The van der Waals surface area contributed by atoms with Gasteiger partial charge >= 0.3 is 0 Å². The molecule has 0 saturated heterocycles. The summed E-state index contributed by atoms with van der Waals surface area (Å²) in [6.45, 7) is 0. The molecule has 2 aliphatic carbocycles. The van der Waals surface area contributed by atoms with Gasteiger partial charge in [0, 0.05) is 17.9 Å². The first kappa shape index (κ1) is 7.47. The lowest BCUT2D eigenvalue weighted by Gasteiger charge is -2.08. The molecule has 2 rings (SSSR count). The molecule has 64 valence electrons. The van der Waals surface area contributed by atoms with Crippen molar-refractivity contribution in [2.75, 3.05) is 0 Å². The summed E-state index contributed by atoms with van der Waals surface area (Å²) in [5.41, 5.74) is 5.66. The summed E-state index contributed by atoms with van der Waals surface area (Å²) in [4.78, 5) is 0. The van der Waals surface area contributed by atoms with E-state index in [1.807, 2.05) is 0 Å². The molecule has 11 heavy (non-hydrogen) atoms. The van der Waals surface area contributed by atoms with Gasteiger partial charge in [-0.25, -0.2) is 8.78 Å². The summed E-state index contributed by atoms with van der Waals surface area (Å²) >= 11 is 0. The Morgan fingerprint density at radius 1 is 1.00 bits per heavy atom. The molecule has 2 N–H and O–H groups in total. The first-order valence-corrected chi connectivity index (χ1v) is 4.25. The monoisotopic (exact) mass is 161 g/mol. The van der Waals surface area contributed by atoms with Crippen LogP contribution in [0.1, 0.15) is 25.7 Å². The standard InChI is InChI=1S/C8H13F2N/c9-8(10)6-3-1-5(11)2-4-7(6)8/h5-7H,1-4,11H2. The van der Waals surface area contributed by atoms with E-state index in [0.29, 0.717) is 12.8 Å². The Bertz CT molecular complexity index is 153. The van der Waals surface area contributed by atoms with E-state index in [2.05, 4.69) is 0 Å². The maximum atomic E-state index is 12.8. The predicted octanol–water partition coefficient (Wildman–Crippen LogP) is 1.77. The lowest BCUT2D eigenvalue weighted by molar-refractivity contribution is 0.0775. The molecule has 2 saturated carbocycles. The van der Waals surface area contributed by atoms with Crippen LogP contribution in [-0.4, -0.2) is 12.0 Å². The summed E-state index contributed by atoms with van der Waals surface area (Å²) in [5, 5.41) is 0. The van der Waals surface area contributed by atoms with Gasteiger partial charge in [0.1, 0.15) is 0 Å². The van der Waals surface area contributed by atoms with Crippen molar-refractivity contribution in [1.29, 1.82) is 0 Å². The van der Waals surface area contributed by atoms with Crippen LogP contribution in [-0.2, 0) is 0 Å². The Labute approximate surface area is 65.0 Å². The van der Waals surface area contributed by atoms with E-state index >= 15 is 0 Å². The minimum absolute atomic E-state index is 0.179. The molecule has 2 fully saturated rings. The fourth-order valence-corrected chi connectivity index (χ4v) is 2.18. The summed E-state index contributed by atoms with van der Waals surface area (Å²) < 4.78 is 25.5. The molecule has 2 atom stereocenters. The molecule has 0 spiro atoms. The molecule has 1 nitrogen and oxygen atoms in total. The van der Waals surface area contributed by atoms with E-state index in [0.717, 1.165) is 12.8 Å².